The largest absolute Gasteiger partial charge is 0.372 e. The van der Waals surface area contributed by atoms with Crippen LogP contribution in [0.25, 0.3) is 0 Å². The van der Waals surface area contributed by atoms with E-state index in [0.717, 1.165) is 24.9 Å². The molecule has 0 aromatic rings. The van der Waals surface area contributed by atoms with Crippen LogP contribution < -0.4 is 5.32 Å². The first kappa shape index (κ1) is 10.1. The lowest BCUT2D eigenvalue weighted by atomic mass is 9.92. The molecule has 15 heavy (non-hydrogen) atoms. The Labute approximate surface area is 92.8 Å². The van der Waals surface area contributed by atoms with Crippen molar-refractivity contribution in [1.29, 1.82) is 0 Å². The molecule has 3 unspecified atom stereocenters. The molecule has 0 aromatic heterocycles. The van der Waals surface area contributed by atoms with E-state index in [-0.39, 0.29) is 5.60 Å². The Bertz CT molecular complexity index is 235. The first-order chi connectivity index (χ1) is 7.25. The van der Waals surface area contributed by atoms with Gasteiger partial charge in [-0.3, -0.25) is 0 Å². The van der Waals surface area contributed by atoms with Gasteiger partial charge in [0.15, 0.2) is 0 Å². The average Bonchev–Trinajstić information content (AvgIpc) is 2.79. The third-order valence-electron chi connectivity index (χ3n) is 4.77. The molecule has 1 aliphatic heterocycles. The zero-order valence-corrected chi connectivity index (χ0v) is 9.80. The van der Waals surface area contributed by atoms with Crippen LogP contribution >= 0.6 is 0 Å². The highest BCUT2D eigenvalue weighted by Crippen LogP contribution is 2.47. The summed E-state index contributed by atoms with van der Waals surface area (Å²) in [6.45, 7) is 4.59. The summed E-state index contributed by atoms with van der Waals surface area (Å²) >= 11 is 0. The number of hydrogen-bond acceptors (Lipinski definition) is 2. The van der Waals surface area contributed by atoms with E-state index in [9.17, 15) is 0 Å². The quantitative estimate of drug-likeness (QED) is 0.753. The topological polar surface area (TPSA) is 21.3 Å². The minimum atomic E-state index is 0.181. The van der Waals surface area contributed by atoms with Gasteiger partial charge in [-0.2, -0.15) is 0 Å². The molecule has 0 radical (unpaired) electrons. The monoisotopic (exact) mass is 209 g/mol. The van der Waals surface area contributed by atoms with Gasteiger partial charge in [0.05, 0.1) is 11.7 Å². The van der Waals surface area contributed by atoms with Crippen LogP contribution in [0, 0.1) is 11.8 Å². The lowest BCUT2D eigenvalue weighted by Gasteiger charge is -2.38. The number of nitrogens with one attached hydrogen (secondary N) is 1. The molecule has 86 valence electrons. The Kier molecular flexibility index (Phi) is 2.52. The van der Waals surface area contributed by atoms with Gasteiger partial charge in [-0.1, -0.05) is 0 Å². The van der Waals surface area contributed by atoms with Crippen LogP contribution in [0.4, 0.5) is 0 Å². The van der Waals surface area contributed by atoms with E-state index in [1.54, 1.807) is 0 Å². The maximum Gasteiger partial charge on any atom is 0.0682 e. The van der Waals surface area contributed by atoms with Crippen molar-refractivity contribution in [3.63, 3.8) is 0 Å². The SMILES string of the molecule is CC1(OC2CC3CCC2C3)CCNCC1. The third-order valence-corrected chi connectivity index (χ3v) is 4.77. The molecule has 3 fully saturated rings. The van der Waals surface area contributed by atoms with Crippen molar-refractivity contribution >= 4 is 0 Å². The Morgan fingerprint density at radius 1 is 1.13 bits per heavy atom. The Hall–Kier alpha value is -0.0800. The molecule has 3 atom stereocenters. The van der Waals surface area contributed by atoms with E-state index >= 15 is 0 Å². The molecule has 0 spiro atoms. The summed E-state index contributed by atoms with van der Waals surface area (Å²) in [5.41, 5.74) is 0.181. The van der Waals surface area contributed by atoms with E-state index < -0.39 is 0 Å². The van der Waals surface area contributed by atoms with E-state index in [4.69, 9.17) is 4.74 Å². The fourth-order valence-corrected chi connectivity index (χ4v) is 3.77. The Morgan fingerprint density at radius 2 is 1.93 bits per heavy atom. The van der Waals surface area contributed by atoms with Crippen molar-refractivity contribution < 1.29 is 4.74 Å². The van der Waals surface area contributed by atoms with E-state index in [1.807, 2.05) is 0 Å². The van der Waals surface area contributed by atoms with Gasteiger partial charge in [-0.05, 0) is 70.4 Å². The van der Waals surface area contributed by atoms with E-state index in [0.29, 0.717) is 6.10 Å². The van der Waals surface area contributed by atoms with Crippen LogP contribution in [-0.2, 0) is 4.74 Å². The van der Waals surface area contributed by atoms with Gasteiger partial charge in [0.2, 0.25) is 0 Å². The lowest BCUT2D eigenvalue weighted by Crippen LogP contribution is -2.44. The minimum Gasteiger partial charge on any atom is -0.372 e. The van der Waals surface area contributed by atoms with Crippen LogP contribution in [-0.4, -0.2) is 24.8 Å². The Morgan fingerprint density at radius 3 is 2.53 bits per heavy atom. The van der Waals surface area contributed by atoms with Crippen LogP contribution in [0.5, 0.6) is 0 Å². The molecule has 2 heteroatoms. The second kappa shape index (κ2) is 3.74. The molecular weight excluding hydrogens is 186 g/mol. The second-order valence-electron chi connectivity index (χ2n) is 6.03. The van der Waals surface area contributed by atoms with Crippen molar-refractivity contribution in [3.05, 3.63) is 0 Å². The fourth-order valence-electron chi connectivity index (χ4n) is 3.77. The fraction of sp³-hybridized carbons (Fsp3) is 1.00. The number of ether oxygens (including phenoxy) is 1. The van der Waals surface area contributed by atoms with Gasteiger partial charge in [0.25, 0.3) is 0 Å². The second-order valence-corrected chi connectivity index (χ2v) is 6.03. The highest BCUT2D eigenvalue weighted by atomic mass is 16.5. The summed E-state index contributed by atoms with van der Waals surface area (Å²) < 4.78 is 6.43. The van der Waals surface area contributed by atoms with Crippen LogP contribution in [0.3, 0.4) is 0 Å². The molecular formula is C13H23NO. The van der Waals surface area contributed by atoms with Gasteiger partial charge < -0.3 is 10.1 Å². The molecule has 1 N–H and O–H groups in total. The number of rotatable bonds is 2. The molecule has 3 rings (SSSR count). The summed E-state index contributed by atoms with van der Waals surface area (Å²) in [7, 11) is 0. The summed E-state index contributed by atoms with van der Waals surface area (Å²) in [4.78, 5) is 0. The summed E-state index contributed by atoms with van der Waals surface area (Å²) in [6.07, 6.45) is 8.72. The summed E-state index contributed by atoms with van der Waals surface area (Å²) in [5.74, 6) is 1.91. The molecule has 3 aliphatic rings. The van der Waals surface area contributed by atoms with Crippen molar-refractivity contribution in [1.82, 2.24) is 5.32 Å². The first-order valence-corrected chi connectivity index (χ1v) is 6.64. The molecule has 2 aliphatic carbocycles. The van der Waals surface area contributed by atoms with E-state index in [2.05, 4.69) is 12.2 Å². The van der Waals surface area contributed by atoms with Crippen molar-refractivity contribution in [2.45, 2.75) is 57.2 Å². The number of hydrogen-bond donors (Lipinski definition) is 1. The zero-order chi connectivity index (χ0) is 10.3. The maximum absolute atomic E-state index is 6.43. The number of piperidine rings is 1. The Balaban J connectivity index is 1.60. The van der Waals surface area contributed by atoms with Gasteiger partial charge in [-0.15, -0.1) is 0 Å². The van der Waals surface area contributed by atoms with Crippen LogP contribution in [0.1, 0.15) is 45.4 Å². The predicted molar refractivity (Wildman–Crippen MR) is 60.8 cm³/mol. The smallest absolute Gasteiger partial charge is 0.0682 e. The molecule has 1 heterocycles. The third kappa shape index (κ3) is 1.94. The summed E-state index contributed by atoms with van der Waals surface area (Å²) in [5, 5.41) is 3.42. The molecule has 2 saturated carbocycles. The first-order valence-electron chi connectivity index (χ1n) is 6.64. The highest BCUT2D eigenvalue weighted by Gasteiger charge is 2.43. The lowest BCUT2D eigenvalue weighted by molar-refractivity contribution is -0.116. The molecule has 0 amide bonds. The predicted octanol–water partition coefficient (Wildman–Crippen LogP) is 2.33. The number of fused-ring (bicyclic) bond motifs is 2. The van der Waals surface area contributed by atoms with Crippen molar-refractivity contribution in [2.75, 3.05) is 13.1 Å². The van der Waals surface area contributed by atoms with E-state index in [1.165, 1.54) is 38.5 Å². The van der Waals surface area contributed by atoms with Crippen LogP contribution in [0.15, 0.2) is 0 Å². The maximum atomic E-state index is 6.43. The van der Waals surface area contributed by atoms with Gasteiger partial charge >= 0.3 is 0 Å². The minimum absolute atomic E-state index is 0.181. The van der Waals surface area contributed by atoms with Crippen LogP contribution in [0.2, 0.25) is 0 Å². The average molecular weight is 209 g/mol. The zero-order valence-electron chi connectivity index (χ0n) is 9.80. The molecule has 0 aromatic carbocycles. The van der Waals surface area contributed by atoms with Crippen molar-refractivity contribution in [2.24, 2.45) is 11.8 Å². The molecule has 2 nitrogen and oxygen atoms in total. The van der Waals surface area contributed by atoms with Gasteiger partial charge in [0, 0.05) is 0 Å². The molecule has 1 saturated heterocycles. The summed E-state index contributed by atoms with van der Waals surface area (Å²) in [6, 6.07) is 0. The molecule has 2 bridgehead atoms. The normalized spacial score (nSPS) is 43.4. The highest BCUT2D eigenvalue weighted by molar-refractivity contribution is 4.93. The standard InChI is InChI=1S/C13H23NO/c1-13(4-6-14-7-5-13)15-12-9-10-2-3-11(12)8-10/h10-12,14H,2-9H2,1H3. The van der Waals surface area contributed by atoms with Gasteiger partial charge in [-0.25, -0.2) is 0 Å². The van der Waals surface area contributed by atoms with Crippen molar-refractivity contribution in [3.8, 4) is 0 Å². The van der Waals surface area contributed by atoms with Gasteiger partial charge in [0.1, 0.15) is 0 Å².